The first kappa shape index (κ1) is 15.4. The Balaban J connectivity index is 1.91. The molecule has 1 aromatic carbocycles. The van der Waals surface area contributed by atoms with Gasteiger partial charge in [-0.25, -0.2) is 4.98 Å². The third-order valence-corrected chi connectivity index (χ3v) is 4.56. The molecule has 0 aliphatic heterocycles. The van der Waals surface area contributed by atoms with Crippen LogP contribution in [-0.4, -0.2) is 29.4 Å². The molecule has 0 radical (unpaired) electrons. The molecule has 2 aromatic rings. The lowest BCUT2D eigenvalue weighted by molar-refractivity contribution is -0.136. The Kier molecular flexibility index (Phi) is 4.77. The van der Waals surface area contributed by atoms with Gasteiger partial charge in [-0.05, 0) is 18.2 Å². The zero-order valence-electron chi connectivity index (χ0n) is 9.83. The van der Waals surface area contributed by atoms with E-state index in [0.29, 0.717) is 14.9 Å². The second kappa shape index (κ2) is 6.19. The molecule has 0 unspecified atom stereocenters. The number of fused-ring (bicyclic) bond motifs is 1. The third kappa shape index (κ3) is 4.53. The van der Waals surface area contributed by atoms with E-state index in [4.69, 9.17) is 11.6 Å². The van der Waals surface area contributed by atoms with Crippen LogP contribution in [0.15, 0.2) is 22.5 Å². The first-order chi connectivity index (χ1) is 9.33. The summed E-state index contributed by atoms with van der Waals surface area (Å²) in [6.07, 6.45) is -4.40. The number of nitrogens with zero attached hydrogens (tertiary/aromatic N) is 1. The number of rotatable bonds is 4. The van der Waals surface area contributed by atoms with E-state index in [2.05, 4.69) is 4.98 Å². The summed E-state index contributed by atoms with van der Waals surface area (Å²) in [5, 5.41) is 2.36. The summed E-state index contributed by atoms with van der Waals surface area (Å²) < 4.78 is 37.3. The lowest BCUT2D eigenvalue weighted by atomic mass is 10.3. The average Bonchev–Trinajstić information content (AvgIpc) is 2.75. The van der Waals surface area contributed by atoms with E-state index in [1.54, 1.807) is 17.4 Å². The van der Waals surface area contributed by atoms with Crippen LogP contribution in [0.4, 0.5) is 13.2 Å². The number of alkyl halides is 3. The summed E-state index contributed by atoms with van der Waals surface area (Å²) in [4.78, 5) is 15.5. The maximum absolute atomic E-state index is 11.9. The van der Waals surface area contributed by atoms with E-state index in [1.807, 2.05) is 6.07 Å². The molecule has 0 aliphatic carbocycles. The molecular weight excluding hydrogens is 333 g/mol. The van der Waals surface area contributed by atoms with Crippen molar-refractivity contribution in [2.24, 2.45) is 0 Å². The van der Waals surface area contributed by atoms with Crippen LogP contribution in [0.5, 0.6) is 0 Å². The first-order valence-electron chi connectivity index (χ1n) is 5.36. The van der Waals surface area contributed by atoms with Crippen LogP contribution in [0.25, 0.3) is 10.2 Å². The third-order valence-electron chi connectivity index (χ3n) is 2.14. The van der Waals surface area contributed by atoms with Gasteiger partial charge in [0.2, 0.25) is 5.91 Å². The predicted molar refractivity (Wildman–Crippen MR) is 74.4 cm³/mol. The molecule has 1 amide bonds. The average molecular weight is 341 g/mol. The monoisotopic (exact) mass is 340 g/mol. The largest absolute Gasteiger partial charge is 0.405 e. The highest BCUT2D eigenvalue weighted by atomic mass is 35.5. The Morgan fingerprint density at radius 1 is 1.45 bits per heavy atom. The minimum Gasteiger partial charge on any atom is -0.346 e. The molecule has 1 N–H and O–H groups in total. The molecule has 1 heterocycles. The number of thioether (sulfide) groups is 1. The Labute approximate surface area is 125 Å². The number of thiazole rings is 1. The Bertz CT molecular complexity index is 630. The maximum atomic E-state index is 11.9. The number of aromatic nitrogens is 1. The number of carbonyl (C=O) groups is 1. The van der Waals surface area contributed by atoms with Crippen LogP contribution in [0.1, 0.15) is 0 Å². The normalized spacial score (nSPS) is 11.8. The summed E-state index contributed by atoms with van der Waals surface area (Å²) in [6, 6.07) is 5.23. The number of halogens is 4. The van der Waals surface area contributed by atoms with Crippen LogP contribution in [0, 0.1) is 0 Å². The van der Waals surface area contributed by atoms with Crippen molar-refractivity contribution in [3.8, 4) is 0 Å². The molecular formula is C11H8ClF3N2OS2. The molecule has 108 valence electrons. The van der Waals surface area contributed by atoms with Gasteiger partial charge in [0.15, 0.2) is 4.34 Å². The fourth-order valence-corrected chi connectivity index (χ4v) is 3.36. The first-order valence-corrected chi connectivity index (χ1v) is 7.54. The molecule has 0 atom stereocenters. The summed E-state index contributed by atoms with van der Waals surface area (Å²) in [5.74, 6) is -0.784. The molecule has 1 aromatic heterocycles. The molecule has 0 spiro atoms. The zero-order chi connectivity index (χ0) is 14.8. The molecule has 0 saturated heterocycles. The second-order valence-electron chi connectivity index (χ2n) is 3.77. The van der Waals surface area contributed by atoms with Gasteiger partial charge in [0.25, 0.3) is 0 Å². The fraction of sp³-hybridized carbons (Fsp3) is 0.273. The summed E-state index contributed by atoms with van der Waals surface area (Å²) in [7, 11) is 0. The van der Waals surface area contributed by atoms with Gasteiger partial charge in [0.05, 0.1) is 16.0 Å². The van der Waals surface area contributed by atoms with Crippen molar-refractivity contribution < 1.29 is 18.0 Å². The fourth-order valence-electron chi connectivity index (χ4n) is 1.32. The van der Waals surface area contributed by atoms with Gasteiger partial charge in [-0.1, -0.05) is 23.4 Å². The Morgan fingerprint density at radius 2 is 2.20 bits per heavy atom. The van der Waals surface area contributed by atoms with Gasteiger partial charge >= 0.3 is 6.18 Å². The van der Waals surface area contributed by atoms with Gasteiger partial charge in [0, 0.05) is 5.02 Å². The predicted octanol–water partition coefficient (Wildman–Crippen LogP) is 3.72. The SMILES string of the molecule is O=C(CSc1nc2cc(Cl)ccc2s1)NCC(F)(F)F. The number of amides is 1. The molecule has 0 bridgehead atoms. The number of carbonyl (C=O) groups excluding carboxylic acids is 1. The van der Waals surface area contributed by atoms with Crippen molar-refractivity contribution in [1.82, 2.24) is 10.3 Å². The zero-order valence-corrected chi connectivity index (χ0v) is 12.2. The van der Waals surface area contributed by atoms with Crippen LogP contribution >= 0.6 is 34.7 Å². The maximum Gasteiger partial charge on any atom is 0.405 e. The molecule has 0 saturated carbocycles. The van der Waals surface area contributed by atoms with Crippen LogP contribution in [-0.2, 0) is 4.79 Å². The second-order valence-corrected chi connectivity index (χ2v) is 6.46. The topological polar surface area (TPSA) is 42.0 Å². The van der Waals surface area contributed by atoms with Gasteiger partial charge < -0.3 is 5.32 Å². The van der Waals surface area contributed by atoms with Crippen molar-refractivity contribution in [3.63, 3.8) is 0 Å². The van der Waals surface area contributed by atoms with Crippen LogP contribution in [0.3, 0.4) is 0 Å². The van der Waals surface area contributed by atoms with Gasteiger partial charge in [-0.2, -0.15) is 13.2 Å². The number of benzene rings is 1. The summed E-state index contributed by atoms with van der Waals surface area (Å²) in [6.45, 7) is -1.32. The van der Waals surface area contributed by atoms with Crippen molar-refractivity contribution in [2.45, 2.75) is 10.5 Å². The highest BCUT2D eigenvalue weighted by molar-refractivity contribution is 8.01. The minimum absolute atomic E-state index is 0.108. The van der Waals surface area contributed by atoms with E-state index in [-0.39, 0.29) is 5.75 Å². The summed E-state index contributed by atoms with van der Waals surface area (Å²) in [5.41, 5.74) is 0.709. The van der Waals surface area contributed by atoms with E-state index < -0.39 is 18.6 Å². The standard InChI is InChI=1S/C11H8ClF3N2OS2/c12-6-1-2-8-7(3-6)17-10(20-8)19-4-9(18)16-5-11(13,14)15/h1-3H,4-5H2,(H,16,18). The number of nitrogens with one attached hydrogen (secondary N) is 1. The smallest absolute Gasteiger partial charge is 0.346 e. The van der Waals surface area contributed by atoms with Gasteiger partial charge in [-0.15, -0.1) is 11.3 Å². The van der Waals surface area contributed by atoms with Crippen molar-refractivity contribution in [1.29, 1.82) is 0 Å². The summed E-state index contributed by atoms with van der Waals surface area (Å²) >= 11 is 8.28. The lowest BCUT2D eigenvalue weighted by Crippen LogP contribution is -2.34. The van der Waals surface area contributed by atoms with Gasteiger partial charge in [-0.3, -0.25) is 4.79 Å². The van der Waals surface area contributed by atoms with E-state index >= 15 is 0 Å². The highest BCUT2D eigenvalue weighted by Gasteiger charge is 2.27. The highest BCUT2D eigenvalue weighted by Crippen LogP contribution is 2.30. The van der Waals surface area contributed by atoms with Crippen molar-refractivity contribution in [2.75, 3.05) is 12.3 Å². The molecule has 2 rings (SSSR count). The van der Waals surface area contributed by atoms with Crippen molar-refractivity contribution >= 4 is 50.8 Å². The number of hydrogen-bond donors (Lipinski definition) is 1. The van der Waals surface area contributed by atoms with E-state index in [9.17, 15) is 18.0 Å². The van der Waals surface area contributed by atoms with Crippen LogP contribution < -0.4 is 5.32 Å². The Morgan fingerprint density at radius 3 is 2.90 bits per heavy atom. The Hall–Kier alpha value is -0.990. The van der Waals surface area contributed by atoms with Crippen molar-refractivity contribution in [3.05, 3.63) is 23.2 Å². The quantitative estimate of drug-likeness (QED) is 0.862. The van der Waals surface area contributed by atoms with Crippen LogP contribution in [0.2, 0.25) is 5.02 Å². The van der Waals surface area contributed by atoms with E-state index in [0.717, 1.165) is 16.5 Å². The molecule has 3 nitrogen and oxygen atoms in total. The molecule has 9 heteroatoms. The molecule has 20 heavy (non-hydrogen) atoms. The minimum atomic E-state index is -4.40. The van der Waals surface area contributed by atoms with Gasteiger partial charge in [0.1, 0.15) is 6.54 Å². The number of hydrogen-bond acceptors (Lipinski definition) is 4. The molecule has 0 fully saturated rings. The van der Waals surface area contributed by atoms with E-state index in [1.165, 1.54) is 11.3 Å². The molecule has 0 aliphatic rings. The lowest BCUT2D eigenvalue weighted by Gasteiger charge is -2.07.